The van der Waals surface area contributed by atoms with Crippen molar-refractivity contribution in [2.75, 3.05) is 26.7 Å². The molecule has 0 amide bonds. The van der Waals surface area contributed by atoms with Gasteiger partial charge in [0.05, 0.1) is 10.7 Å². The number of halogens is 1. The lowest BCUT2D eigenvalue weighted by atomic mass is 10.2. The number of nitrogens with zero attached hydrogens (tertiary/aromatic N) is 3. The fraction of sp³-hybridized carbons (Fsp3) is 0.778. The van der Waals surface area contributed by atoms with Gasteiger partial charge in [-0.3, -0.25) is 9.89 Å². The average molecular weight is 481 g/mol. The number of nitrogens with one attached hydrogen (secondary N) is 2. The Bertz CT molecular complexity index is 491. The Hall–Kier alpha value is -0.410. The summed E-state index contributed by atoms with van der Waals surface area (Å²) in [6.45, 7) is 16.1. The fourth-order valence-electron chi connectivity index (χ4n) is 2.65. The minimum Gasteiger partial charge on any atom is -0.356 e. The zero-order chi connectivity index (χ0) is 18.1. The van der Waals surface area contributed by atoms with Gasteiger partial charge in [0, 0.05) is 56.5 Å². The van der Waals surface area contributed by atoms with Crippen LogP contribution in [0, 0.1) is 0 Å². The summed E-state index contributed by atoms with van der Waals surface area (Å²) in [5.74, 6) is 1.37. The van der Waals surface area contributed by atoms with Gasteiger partial charge in [-0.1, -0.05) is 13.8 Å². The van der Waals surface area contributed by atoms with Gasteiger partial charge in [-0.05, 0) is 27.7 Å². The van der Waals surface area contributed by atoms with E-state index in [2.05, 4.69) is 72.4 Å². The van der Waals surface area contributed by atoms with Gasteiger partial charge in [0.1, 0.15) is 0 Å². The third-order valence-electron chi connectivity index (χ3n) is 3.95. The Morgan fingerprint density at radius 3 is 2.20 bits per heavy atom. The van der Waals surface area contributed by atoms with Gasteiger partial charge in [-0.15, -0.1) is 35.3 Å². The summed E-state index contributed by atoms with van der Waals surface area (Å²) >= 11 is 1.75. The summed E-state index contributed by atoms with van der Waals surface area (Å²) in [4.78, 5) is 11.4. The first-order valence-electron chi connectivity index (χ1n) is 8.99. The molecule has 146 valence electrons. The highest BCUT2D eigenvalue weighted by Crippen LogP contribution is 2.19. The van der Waals surface area contributed by atoms with Gasteiger partial charge in [-0.2, -0.15) is 0 Å². The van der Waals surface area contributed by atoms with Crippen molar-refractivity contribution < 1.29 is 0 Å². The Labute approximate surface area is 175 Å². The van der Waals surface area contributed by atoms with Crippen LogP contribution in [0.25, 0.3) is 0 Å². The van der Waals surface area contributed by atoms with Gasteiger partial charge < -0.3 is 10.6 Å². The van der Waals surface area contributed by atoms with E-state index in [1.54, 1.807) is 11.3 Å². The van der Waals surface area contributed by atoms with Crippen LogP contribution in [0.1, 0.15) is 58.2 Å². The standard InChI is InChI=1S/C18H35N5S.HI/c1-13(2)17-22-16(12-24-17)8-9-20-18(19-7)21-10-11-23(14(3)4)15(5)6;/h12-15H,8-11H2,1-7H3,(H2,19,20,21);1H. The predicted octanol–water partition coefficient (Wildman–Crippen LogP) is 3.71. The summed E-state index contributed by atoms with van der Waals surface area (Å²) in [6.07, 6.45) is 0.925. The van der Waals surface area contributed by atoms with Crippen LogP contribution < -0.4 is 10.6 Å². The van der Waals surface area contributed by atoms with E-state index >= 15 is 0 Å². The molecule has 1 aromatic heterocycles. The number of aromatic nitrogens is 1. The number of hydrogen-bond donors (Lipinski definition) is 2. The monoisotopic (exact) mass is 481 g/mol. The van der Waals surface area contributed by atoms with Gasteiger partial charge in [-0.25, -0.2) is 4.98 Å². The van der Waals surface area contributed by atoms with E-state index in [1.807, 2.05) is 7.05 Å². The Morgan fingerprint density at radius 2 is 1.72 bits per heavy atom. The molecule has 0 spiro atoms. The minimum absolute atomic E-state index is 0. The van der Waals surface area contributed by atoms with E-state index in [-0.39, 0.29) is 24.0 Å². The lowest BCUT2D eigenvalue weighted by Crippen LogP contribution is -2.45. The van der Waals surface area contributed by atoms with Crippen LogP contribution in [0.2, 0.25) is 0 Å². The highest BCUT2D eigenvalue weighted by molar-refractivity contribution is 14.0. The quantitative estimate of drug-likeness (QED) is 0.321. The van der Waals surface area contributed by atoms with Crippen LogP contribution in [-0.2, 0) is 6.42 Å². The normalized spacial score (nSPS) is 12.2. The fourth-order valence-corrected chi connectivity index (χ4v) is 3.52. The average Bonchev–Trinajstić information content (AvgIpc) is 2.98. The number of hydrogen-bond acceptors (Lipinski definition) is 4. The molecule has 0 unspecified atom stereocenters. The number of rotatable bonds is 9. The van der Waals surface area contributed by atoms with Gasteiger partial charge in [0.2, 0.25) is 0 Å². The topological polar surface area (TPSA) is 52.6 Å². The van der Waals surface area contributed by atoms with Crippen LogP contribution >= 0.6 is 35.3 Å². The second kappa shape index (κ2) is 12.9. The molecule has 0 aliphatic rings. The SMILES string of the molecule is CN=C(NCCc1csc(C(C)C)n1)NCCN(C(C)C)C(C)C.I. The summed E-state index contributed by atoms with van der Waals surface area (Å²) in [6, 6.07) is 1.11. The van der Waals surface area contributed by atoms with Crippen molar-refractivity contribution in [3.8, 4) is 0 Å². The third kappa shape index (κ3) is 9.19. The Balaban J connectivity index is 0.00000576. The lowest BCUT2D eigenvalue weighted by molar-refractivity contribution is 0.178. The van der Waals surface area contributed by atoms with E-state index in [1.165, 1.54) is 5.01 Å². The lowest BCUT2D eigenvalue weighted by Gasteiger charge is -2.30. The molecule has 0 radical (unpaired) electrons. The molecule has 0 fully saturated rings. The van der Waals surface area contributed by atoms with Gasteiger partial charge >= 0.3 is 0 Å². The first-order chi connectivity index (χ1) is 11.3. The molecular formula is C18H36IN5S. The number of thiazole rings is 1. The second-order valence-corrected chi connectivity index (χ2v) is 7.82. The van der Waals surface area contributed by atoms with E-state index < -0.39 is 0 Å². The molecule has 0 saturated carbocycles. The first-order valence-corrected chi connectivity index (χ1v) is 9.87. The molecule has 1 aromatic rings. The van der Waals surface area contributed by atoms with Crippen molar-refractivity contribution in [2.45, 2.75) is 66.0 Å². The molecule has 0 atom stereocenters. The zero-order valence-corrected chi connectivity index (χ0v) is 19.9. The molecule has 0 bridgehead atoms. The van der Waals surface area contributed by atoms with E-state index in [0.717, 1.165) is 37.7 Å². The van der Waals surface area contributed by atoms with Crippen LogP contribution in [-0.4, -0.2) is 54.6 Å². The Morgan fingerprint density at radius 1 is 1.12 bits per heavy atom. The maximum Gasteiger partial charge on any atom is 0.191 e. The van der Waals surface area contributed by atoms with Crippen molar-refractivity contribution >= 4 is 41.3 Å². The molecule has 5 nitrogen and oxygen atoms in total. The Kier molecular flexibility index (Phi) is 12.7. The highest BCUT2D eigenvalue weighted by atomic mass is 127. The molecule has 7 heteroatoms. The molecule has 0 aromatic carbocycles. The maximum atomic E-state index is 4.67. The van der Waals surface area contributed by atoms with Crippen LogP contribution in [0.15, 0.2) is 10.4 Å². The van der Waals surface area contributed by atoms with E-state index in [0.29, 0.717) is 18.0 Å². The molecule has 25 heavy (non-hydrogen) atoms. The minimum atomic E-state index is 0. The summed E-state index contributed by atoms with van der Waals surface area (Å²) in [7, 11) is 1.82. The number of guanidine groups is 1. The molecule has 2 N–H and O–H groups in total. The molecule has 0 saturated heterocycles. The van der Waals surface area contributed by atoms with Gasteiger partial charge in [0.25, 0.3) is 0 Å². The summed E-state index contributed by atoms with van der Waals surface area (Å²) < 4.78 is 0. The first kappa shape index (κ1) is 24.6. The zero-order valence-electron chi connectivity index (χ0n) is 16.8. The third-order valence-corrected chi connectivity index (χ3v) is 5.14. The molecular weight excluding hydrogens is 445 g/mol. The number of aliphatic imine (C=N–C) groups is 1. The highest BCUT2D eigenvalue weighted by Gasteiger charge is 2.12. The predicted molar refractivity (Wildman–Crippen MR) is 122 cm³/mol. The van der Waals surface area contributed by atoms with Crippen molar-refractivity contribution in [3.63, 3.8) is 0 Å². The van der Waals surface area contributed by atoms with E-state index in [4.69, 9.17) is 0 Å². The van der Waals surface area contributed by atoms with Crippen LogP contribution in [0.4, 0.5) is 0 Å². The van der Waals surface area contributed by atoms with Crippen molar-refractivity contribution in [3.05, 3.63) is 16.1 Å². The van der Waals surface area contributed by atoms with E-state index in [9.17, 15) is 0 Å². The van der Waals surface area contributed by atoms with Crippen molar-refractivity contribution in [1.82, 2.24) is 20.5 Å². The smallest absolute Gasteiger partial charge is 0.191 e. The summed E-state index contributed by atoms with van der Waals surface area (Å²) in [5, 5.41) is 10.2. The largest absolute Gasteiger partial charge is 0.356 e. The maximum absolute atomic E-state index is 4.67. The van der Waals surface area contributed by atoms with Crippen LogP contribution in [0.3, 0.4) is 0 Å². The van der Waals surface area contributed by atoms with Gasteiger partial charge in [0.15, 0.2) is 5.96 Å². The van der Waals surface area contributed by atoms with Crippen molar-refractivity contribution in [1.29, 1.82) is 0 Å². The second-order valence-electron chi connectivity index (χ2n) is 6.93. The van der Waals surface area contributed by atoms with Crippen LogP contribution in [0.5, 0.6) is 0 Å². The molecule has 1 heterocycles. The summed E-state index contributed by atoms with van der Waals surface area (Å²) in [5.41, 5.74) is 1.16. The van der Waals surface area contributed by atoms with Crippen molar-refractivity contribution in [2.24, 2.45) is 4.99 Å². The molecule has 1 rings (SSSR count). The molecule has 0 aliphatic heterocycles. The molecule has 0 aliphatic carbocycles.